The van der Waals surface area contributed by atoms with Crippen molar-refractivity contribution in [3.8, 4) is 0 Å². The molecule has 4 nitrogen and oxygen atoms in total. The zero-order chi connectivity index (χ0) is 10.9. The Morgan fingerprint density at radius 1 is 1.13 bits per heavy atom. The standard InChI is InChI=1S/C11H25N3O/c1-3-12-4-10-15-11-9-14-7-5-13(2)6-8-14/h12H,3-11H2,1-2H3. The smallest absolute Gasteiger partial charge is 0.0594 e. The lowest BCUT2D eigenvalue weighted by atomic mass is 10.3. The first-order valence-corrected chi connectivity index (χ1v) is 6.02. The fourth-order valence-corrected chi connectivity index (χ4v) is 1.69. The van der Waals surface area contributed by atoms with E-state index in [1.165, 1.54) is 26.2 Å². The van der Waals surface area contributed by atoms with Gasteiger partial charge in [-0.2, -0.15) is 0 Å². The van der Waals surface area contributed by atoms with Gasteiger partial charge in [-0.25, -0.2) is 0 Å². The van der Waals surface area contributed by atoms with Crippen molar-refractivity contribution in [1.82, 2.24) is 15.1 Å². The van der Waals surface area contributed by atoms with Crippen LogP contribution >= 0.6 is 0 Å². The Balaban J connectivity index is 1.87. The van der Waals surface area contributed by atoms with Crippen LogP contribution in [0.4, 0.5) is 0 Å². The monoisotopic (exact) mass is 215 g/mol. The van der Waals surface area contributed by atoms with Gasteiger partial charge in [0.05, 0.1) is 13.2 Å². The van der Waals surface area contributed by atoms with Crippen LogP contribution in [0.25, 0.3) is 0 Å². The third-order valence-electron chi connectivity index (χ3n) is 2.82. The van der Waals surface area contributed by atoms with Crippen LogP contribution in [0.15, 0.2) is 0 Å². The van der Waals surface area contributed by atoms with Crippen LogP contribution in [0, 0.1) is 0 Å². The molecule has 1 saturated heterocycles. The number of nitrogens with zero attached hydrogens (tertiary/aromatic N) is 2. The first-order valence-electron chi connectivity index (χ1n) is 6.02. The lowest BCUT2D eigenvalue weighted by Crippen LogP contribution is -2.45. The van der Waals surface area contributed by atoms with Gasteiger partial charge in [0.2, 0.25) is 0 Å². The number of rotatable bonds is 7. The number of piperazine rings is 1. The lowest BCUT2D eigenvalue weighted by Gasteiger charge is -2.32. The van der Waals surface area contributed by atoms with Crippen LogP contribution in [0.1, 0.15) is 6.92 Å². The van der Waals surface area contributed by atoms with Crippen molar-refractivity contribution in [1.29, 1.82) is 0 Å². The molecule has 0 radical (unpaired) electrons. The van der Waals surface area contributed by atoms with E-state index in [-0.39, 0.29) is 0 Å². The fourth-order valence-electron chi connectivity index (χ4n) is 1.69. The Bertz CT molecular complexity index is 147. The van der Waals surface area contributed by atoms with E-state index in [1.54, 1.807) is 0 Å². The molecule has 1 aliphatic heterocycles. The molecular weight excluding hydrogens is 190 g/mol. The number of ether oxygens (including phenoxy) is 1. The summed E-state index contributed by atoms with van der Waals surface area (Å²) in [6.45, 7) is 11.7. The van der Waals surface area contributed by atoms with Gasteiger partial charge < -0.3 is 15.0 Å². The van der Waals surface area contributed by atoms with E-state index in [9.17, 15) is 0 Å². The largest absolute Gasteiger partial charge is 0.379 e. The molecule has 0 aromatic carbocycles. The van der Waals surface area contributed by atoms with E-state index < -0.39 is 0 Å². The van der Waals surface area contributed by atoms with Crippen LogP contribution in [0.5, 0.6) is 0 Å². The van der Waals surface area contributed by atoms with Gasteiger partial charge in [-0.3, -0.25) is 4.90 Å². The van der Waals surface area contributed by atoms with Gasteiger partial charge in [0, 0.05) is 39.3 Å². The van der Waals surface area contributed by atoms with Gasteiger partial charge in [0.15, 0.2) is 0 Å². The van der Waals surface area contributed by atoms with Crippen LogP contribution < -0.4 is 5.32 Å². The van der Waals surface area contributed by atoms with Gasteiger partial charge >= 0.3 is 0 Å². The SMILES string of the molecule is CCNCCOCCN1CCN(C)CC1. The van der Waals surface area contributed by atoms with Crippen LogP contribution in [-0.4, -0.2) is 75.9 Å². The molecule has 1 fully saturated rings. The van der Waals surface area contributed by atoms with Crippen LogP contribution in [0.2, 0.25) is 0 Å². The summed E-state index contributed by atoms with van der Waals surface area (Å²) < 4.78 is 5.55. The zero-order valence-electron chi connectivity index (χ0n) is 10.2. The van der Waals surface area contributed by atoms with E-state index in [1.807, 2.05) is 0 Å². The molecule has 0 aromatic rings. The highest BCUT2D eigenvalue weighted by atomic mass is 16.5. The molecule has 0 saturated carbocycles. The Morgan fingerprint density at radius 3 is 2.53 bits per heavy atom. The number of likely N-dealkylation sites (N-methyl/N-ethyl adjacent to an activating group) is 2. The van der Waals surface area contributed by atoms with Crippen molar-refractivity contribution < 1.29 is 4.74 Å². The highest BCUT2D eigenvalue weighted by Crippen LogP contribution is 1.97. The van der Waals surface area contributed by atoms with Gasteiger partial charge in [0.25, 0.3) is 0 Å². The first-order chi connectivity index (χ1) is 7.33. The third kappa shape index (κ3) is 6.10. The molecular formula is C11H25N3O. The second kappa shape index (κ2) is 8.05. The Morgan fingerprint density at radius 2 is 1.87 bits per heavy atom. The third-order valence-corrected chi connectivity index (χ3v) is 2.82. The van der Waals surface area contributed by atoms with E-state index in [0.717, 1.165) is 32.8 Å². The lowest BCUT2D eigenvalue weighted by molar-refractivity contribution is 0.0832. The summed E-state index contributed by atoms with van der Waals surface area (Å²) in [5, 5.41) is 3.25. The highest BCUT2D eigenvalue weighted by molar-refractivity contribution is 4.68. The summed E-state index contributed by atoms with van der Waals surface area (Å²) in [4.78, 5) is 4.86. The molecule has 0 atom stereocenters. The molecule has 1 aliphatic rings. The molecule has 1 N–H and O–H groups in total. The molecule has 0 spiro atoms. The van der Waals surface area contributed by atoms with Crippen LogP contribution in [0.3, 0.4) is 0 Å². The molecule has 0 unspecified atom stereocenters. The normalized spacial score (nSPS) is 19.6. The molecule has 0 aliphatic carbocycles. The van der Waals surface area contributed by atoms with E-state index in [0.29, 0.717) is 0 Å². The number of hydrogen-bond donors (Lipinski definition) is 1. The fraction of sp³-hybridized carbons (Fsp3) is 1.00. The molecule has 1 rings (SSSR count). The van der Waals surface area contributed by atoms with Gasteiger partial charge in [-0.1, -0.05) is 6.92 Å². The van der Waals surface area contributed by atoms with E-state index in [4.69, 9.17) is 4.74 Å². The predicted octanol–water partition coefficient (Wildman–Crippen LogP) is -0.140. The van der Waals surface area contributed by atoms with Crippen molar-refractivity contribution in [2.75, 3.05) is 66.1 Å². The Hall–Kier alpha value is -0.160. The van der Waals surface area contributed by atoms with E-state index in [2.05, 4.69) is 29.1 Å². The van der Waals surface area contributed by atoms with Crippen molar-refractivity contribution in [3.63, 3.8) is 0 Å². The average molecular weight is 215 g/mol. The van der Waals surface area contributed by atoms with Crippen molar-refractivity contribution in [3.05, 3.63) is 0 Å². The second-order valence-corrected chi connectivity index (χ2v) is 4.11. The minimum Gasteiger partial charge on any atom is -0.379 e. The number of hydrogen-bond acceptors (Lipinski definition) is 4. The van der Waals surface area contributed by atoms with Gasteiger partial charge in [0.1, 0.15) is 0 Å². The summed E-state index contributed by atoms with van der Waals surface area (Å²) in [5.41, 5.74) is 0. The summed E-state index contributed by atoms with van der Waals surface area (Å²) in [6.07, 6.45) is 0. The summed E-state index contributed by atoms with van der Waals surface area (Å²) in [5.74, 6) is 0. The second-order valence-electron chi connectivity index (χ2n) is 4.11. The van der Waals surface area contributed by atoms with Crippen molar-refractivity contribution >= 4 is 0 Å². The first kappa shape index (κ1) is 12.9. The topological polar surface area (TPSA) is 27.7 Å². The minimum absolute atomic E-state index is 0.835. The highest BCUT2D eigenvalue weighted by Gasteiger charge is 2.12. The maximum absolute atomic E-state index is 5.55. The summed E-state index contributed by atoms with van der Waals surface area (Å²) in [7, 11) is 2.18. The van der Waals surface area contributed by atoms with Gasteiger partial charge in [-0.15, -0.1) is 0 Å². The maximum Gasteiger partial charge on any atom is 0.0594 e. The minimum atomic E-state index is 0.835. The number of nitrogens with one attached hydrogen (secondary N) is 1. The molecule has 0 aromatic heterocycles. The average Bonchev–Trinajstić information content (AvgIpc) is 2.26. The molecule has 15 heavy (non-hydrogen) atoms. The predicted molar refractivity (Wildman–Crippen MR) is 63.3 cm³/mol. The van der Waals surface area contributed by atoms with Gasteiger partial charge in [-0.05, 0) is 13.6 Å². The zero-order valence-corrected chi connectivity index (χ0v) is 10.2. The molecule has 1 heterocycles. The summed E-state index contributed by atoms with van der Waals surface area (Å²) in [6, 6.07) is 0. The molecule has 0 bridgehead atoms. The van der Waals surface area contributed by atoms with Crippen LogP contribution in [-0.2, 0) is 4.74 Å². The molecule has 90 valence electrons. The molecule has 0 amide bonds. The van der Waals surface area contributed by atoms with Crippen molar-refractivity contribution in [2.24, 2.45) is 0 Å². The summed E-state index contributed by atoms with van der Waals surface area (Å²) >= 11 is 0. The Kier molecular flexibility index (Phi) is 6.92. The van der Waals surface area contributed by atoms with E-state index >= 15 is 0 Å². The Labute approximate surface area is 93.6 Å². The maximum atomic E-state index is 5.55. The quantitative estimate of drug-likeness (QED) is 0.598. The molecule has 4 heteroatoms. The van der Waals surface area contributed by atoms with Crippen molar-refractivity contribution in [2.45, 2.75) is 6.92 Å².